The van der Waals surface area contributed by atoms with Gasteiger partial charge in [0, 0.05) is 20.2 Å². The summed E-state index contributed by atoms with van der Waals surface area (Å²) in [6, 6.07) is 0. The zero-order valence-corrected chi connectivity index (χ0v) is 10.0. The summed E-state index contributed by atoms with van der Waals surface area (Å²) in [5.74, 6) is 0. The maximum atomic E-state index is 11.9. The van der Waals surface area contributed by atoms with Crippen LogP contribution in [0.15, 0.2) is 0 Å². The largest absolute Gasteiger partial charge is 0.402 e. The molecule has 2 N–H and O–H groups in total. The van der Waals surface area contributed by atoms with E-state index in [0.29, 0.717) is 4.31 Å². The summed E-state index contributed by atoms with van der Waals surface area (Å²) in [7, 11) is -2.94. The average Bonchev–Trinajstić information content (AvgIpc) is 2.20. The van der Waals surface area contributed by atoms with E-state index in [0.717, 1.165) is 0 Å². The molecule has 104 valence electrons. The Morgan fingerprint density at radius 2 is 1.94 bits per heavy atom. The van der Waals surface area contributed by atoms with E-state index >= 15 is 0 Å². The van der Waals surface area contributed by atoms with Crippen LogP contribution in [0.3, 0.4) is 0 Å². The lowest BCUT2D eigenvalue weighted by molar-refractivity contribution is -0.121. The molecule has 0 aromatic rings. The Labute approximate surface area is 97.5 Å². The fraction of sp³-hybridized carbons (Fsp3) is 1.00. The van der Waals surface area contributed by atoms with Gasteiger partial charge in [0.1, 0.15) is 6.54 Å². The van der Waals surface area contributed by atoms with Crippen LogP contribution in [-0.2, 0) is 14.9 Å². The van der Waals surface area contributed by atoms with E-state index in [2.05, 4.69) is 4.74 Å². The molecule has 0 amide bonds. The highest BCUT2D eigenvalue weighted by molar-refractivity contribution is 7.87. The minimum absolute atomic E-state index is 0.0208. The lowest BCUT2D eigenvalue weighted by atomic mass is 10.6. The van der Waals surface area contributed by atoms with E-state index < -0.39 is 29.5 Å². The molecule has 0 saturated carbocycles. The molecule has 0 atom stereocenters. The molecule has 0 aromatic carbocycles. The number of methoxy groups -OCH3 is 1. The Kier molecular flexibility index (Phi) is 6.94. The second kappa shape index (κ2) is 7.11. The first-order valence-electron chi connectivity index (χ1n) is 4.64. The minimum Gasteiger partial charge on any atom is -0.395 e. The van der Waals surface area contributed by atoms with Crippen molar-refractivity contribution < 1.29 is 31.4 Å². The van der Waals surface area contributed by atoms with Gasteiger partial charge in [-0.2, -0.15) is 30.6 Å². The molecular formula is C7H15F3N2O4S. The Bertz CT molecular complexity index is 307. The van der Waals surface area contributed by atoms with Crippen LogP contribution >= 0.6 is 0 Å². The third kappa shape index (κ3) is 7.49. The van der Waals surface area contributed by atoms with Crippen molar-refractivity contribution in [1.29, 1.82) is 0 Å². The highest BCUT2D eigenvalue weighted by Crippen LogP contribution is 2.13. The molecule has 0 heterocycles. The molecule has 17 heavy (non-hydrogen) atoms. The number of halogens is 3. The van der Waals surface area contributed by atoms with Crippen molar-refractivity contribution in [3.8, 4) is 0 Å². The van der Waals surface area contributed by atoms with Gasteiger partial charge in [-0.05, 0) is 0 Å². The van der Waals surface area contributed by atoms with Crippen molar-refractivity contribution in [3.05, 3.63) is 0 Å². The first kappa shape index (κ1) is 16.6. The maximum Gasteiger partial charge on any atom is 0.402 e. The summed E-state index contributed by atoms with van der Waals surface area (Å²) in [5.41, 5.74) is 0. The number of aliphatic hydroxyl groups is 1. The number of rotatable bonds is 8. The number of alkyl halides is 3. The van der Waals surface area contributed by atoms with Crippen molar-refractivity contribution in [1.82, 2.24) is 9.03 Å². The lowest BCUT2D eigenvalue weighted by Crippen LogP contribution is -2.46. The second-order valence-electron chi connectivity index (χ2n) is 3.06. The van der Waals surface area contributed by atoms with Crippen LogP contribution in [-0.4, -0.2) is 64.0 Å². The summed E-state index contributed by atoms with van der Waals surface area (Å²) in [5, 5.41) is 8.63. The lowest BCUT2D eigenvalue weighted by Gasteiger charge is -2.21. The van der Waals surface area contributed by atoms with Crippen LogP contribution in [0.5, 0.6) is 0 Å². The van der Waals surface area contributed by atoms with Crippen molar-refractivity contribution >= 4 is 10.2 Å². The molecule has 10 heteroatoms. The zero-order valence-electron chi connectivity index (χ0n) is 9.20. The molecule has 0 bridgehead atoms. The molecule has 0 fully saturated rings. The van der Waals surface area contributed by atoms with Crippen LogP contribution in [0.1, 0.15) is 0 Å². The topological polar surface area (TPSA) is 78.9 Å². The molecule has 0 aromatic heterocycles. The predicted molar refractivity (Wildman–Crippen MR) is 53.5 cm³/mol. The highest BCUT2D eigenvalue weighted by Gasteiger charge is 2.31. The monoisotopic (exact) mass is 280 g/mol. The number of aliphatic hydroxyl groups excluding tert-OH is 1. The van der Waals surface area contributed by atoms with Crippen molar-refractivity contribution in [3.63, 3.8) is 0 Å². The molecule has 0 rings (SSSR count). The molecule has 0 aliphatic heterocycles. The summed E-state index contributed by atoms with van der Waals surface area (Å²) in [6.45, 7) is -2.55. The van der Waals surface area contributed by atoms with Gasteiger partial charge < -0.3 is 9.84 Å². The molecule has 0 spiro atoms. The summed E-state index contributed by atoms with van der Waals surface area (Å²) >= 11 is 0. The van der Waals surface area contributed by atoms with E-state index in [4.69, 9.17) is 5.11 Å². The van der Waals surface area contributed by atoms with Gasteiger partial charge >= 0.3 is 6.18 Å². The van der Waals surface area contributed by atoms with Crippen molar-refractivity contribution in [2.24, 2.45) is 0 Å². The molecule has 0 aliphatic rings. The number of nitrogens with zero attached hydrogens (tertiary/aromatic N) is 1. The normalized spacial score (nSPS) is 13.3. The first-order valence-corrected chi connectivity index (χ1v) is 6.08. The van der Waals surface area contributed by atoms with Crippen LogP contribution in [0.25, 0.3) is 0 Å². The Morgan fingerprint density at radius 3 is 2.35 bits per heavy atom. The quantitative estimate of drug-likeness (QED) is 0.618. The van der Waals surface area contributed by atoms with Crippen LogP contribution in [0.2, 0.25) is 0 Å². The third-order valence-electron chi connectivity index (χ3n) is 1.69. The molecule has 6 nitrogen and oxygen atoms in total. The Balaban J connectivity index is 4.49. The van der Waals surface area contributed by atoms with Crippen LogP contribution in [0, 0.1) is 0 Å². The van der Waals surface area contributed by atoms with Gasteiger partial charge in [0.05, 0.1) is 13.2 Å². The highest BCUT2D eigenvalue weighted by atomic mass is 32.2. The van der Waals surface area contributed by atoms with Gasteiger partial charge in [0.15, 0.2) is 0 Å². The molecular weight excluding hydrogens is 265 g/mol. The van der Waals surface area contributed by atoms with Crippen LogP contribution < -0.4 is 4.72 Å². The number of ether oxygens (including phenoxy) is 1. The number of hydrogen-bond acceptors (Lipinski definition) is 4. The van der Waals surface area contributed by atoms with Gasteiger partial charge in [-0.1, -0.05) is 0 Å². The Hall–Kier alpha value is -0.420. The van der Waals surface area contributed by atoms with Gasteiger partial charge in [-0.25, -0.2) is 0 Å². The van der Waals surface area contributed by atoms with E-state index in [1.54, 1.807) is 0 Å². The second-order valence-corrected chi connectivity index (χ2v) is 4.81. The fourth-order valence-electron chi connectivity index (χ4n) is 0.921. The summed E-state index contributed by atoms with van der Waals surface area (Å²) in [6.07, 6.45) is -4.63. The number of hydrogen-bond donors (Lipinski definition) is 2. The third-order valence-corrected chi connectivity index (χ3v) is 3.24. The average molecular weight is 280 g/mol. The standard InChI is InChI=1S/C7H15F3N2O4S/c1-16-5-3-12(2-4-13)17(14,15)11-6-7(8,9)10/h11,13H,2-6H2,1H3. The van der Waals surface area contributed by atoms with Crippen molar-refractivity contribution in [2.45, 2.75) is 6.18 Å². The summed E-state index contributed by atoms with van der Waals surface area (Å²) in [4.78, 5) is 0. The predicted octanol–water partition coefficient (Wildman–Crippen LogP) is -0.676. The number of nitrogens with one attached hydrogen (secondary N) is 1. The van der Waals surface area contributed by atoms with Gasteiger partial charge in [0.2, 0.25) is 0 Å². The van der Waals surface area contributed by atoms with E-state index in [1.807, 2.05) is 0 Å². The van der Waals surface area contributed by atoms with Gasteiger partial charge in [-0.15, -0.1) is 0 Å². The van der Waals surface area contributed by atoms with E-state index in [1.165, 1.54) is 11.8 Å². The smallest absolute Gasteiger partial charge is 0.395 e. The maximum absolute atomic E-state index is 11.9. The molecule has 0 radical (unpaired) electrons. The van der Waals surface area contributed by atoms with E-state index in [-0.39, 0.29) is 19.7 Å². The SMILES string of the molecule is COCCN(CCO)S(=O)(=O)NCC(F)(F)F. The molecule has 0 aliphatic carbocycles. The fourth-order valence-corrected chi connectivity index (χ4v) is 2.09. The van der Waals surface area contributed by atoms with Crippen LogP contribution in [0.4, 0.5) is 13.2 Å². The molecule has 0 saturated heterocycles. The van der Waals surface area contributed by atoms with Gasteiger partial charge in [-0.3, -0.25) is 0 Å². The van der Waals surface area contributed by atoms with Gasteiger partial charge in [0.25, 0.3) is 10.2 Å². The summed E-state index contributed by atoms with van der Waals surface area (Å²) < 4.78 is 65.1. The van der Waals surface area contributed by atoms with Crippen molar-refractivity contribution in [2.75, 3.05) is 40.0 Å². The van der Waals surface area contributed by atoms with E-state index in [9.17, 15) is 21.6 Å². The minimum atomic E-state index is -4.63. The first-order chi connectivity index (χ1) is 7.73. The Morgan fingerprint density at radius 1 is 1.35 bits per heavy atom. The molecule has 0 unspecified atom stereocenters. The zero-order chi connectivity index (χ0) is 13.5.